The molecule has 0 atom stereocenters. The molecule has 0 unspecified atom stereocenters. The number of hydrogen-bond donors (Lipinski definition) is 1. The van der Waals surface area contributed by atoms with Crippen LogP contribution in [0.25, 0.3) is 5.69 Å². The van der Waals surface area contributed by atoms with Gasteiger partial charge in [0.05, 0.1) is 11.4 Å². The number of nitrogens with one attached hydrogen (secondary N) is 1. The summed E-state index contributed by atoms with van der Waals surface area (Å²) in [5.41, 5.74) is 1.30. The lowest BCUT2D eigenvalue weighted by atomic mass is 10.3. The molecule has 0 spiro atoms. The number of nitrogens with zero attached hydrogens (tertiary/aromatic N) is 5. The van der Waals surface area contributed by atoms with Crippen molar-refractivity contribution in [2.45, 2.75) is 13.3 Å². The maximum atomic E-state index is 12.5. The number of carbonyl (C=O) groups excluding carboxylic acids is 1. The van der Waals surface area contributed by atoms with Crippen molar-refractivity contribution in [1.82, 2.24) is 25.2 Å². The van der Waals surface area contributed by atoms with Crippen LogP contribution in [0.15, 0.2) is 28.7 Å². The molecule has 3 rings (SSSR count). The van der Waals surface area contributed by atoms with E-state index in [1.54, 1.807) is 6.92 Å². The lowest BCUT2D eigenvalue weighted by Crippen LogP contribution is -2.14. The Labute approximate surface area is 146 Å². The highest BCUT2D eigenvalue weighted by atomic mass is 79.9. The molecule has 24 heavy (non-hydrogen) atoms. The molecule has 1 N–H and O–H groups in total. The molecule has 7 nitrogen and oxygen atoms in total. The van der Waals surface area contributed by atoms with E-state index in [2.05, 4.69) is 41.8 Å². The molecule has 1 aromatic carbocycles. The largest absolute Gasteiger partial charge is 0.295 e. The summed E-state index contributed by atoms with van der Waals surface area (Å²) in [6, 6.07) is 7.32. The molecule has 124 valence electrons. The van der Waals surface area contributed by atoms with E-state index in [0.29, 0.717) is 17.0 Å². The average Bonchev–Trinajstić information content (AvgIpc) is 3.14. The lowest BCUT2D eigenvalue weighted by Gasteiger charge is -2.04. The van der Waals surface area contributed by atoms with Crippen LogP contribution in [0.1, 0.15) is 27.6 Å². The van der Waals surface area contributed by atoms with Crippen molar-refractivity contribution < 1.29 is 13.6 Å². The molecule has 0 saturated heterocycles. The van der Waals surface area contributed by atoms with Crippen LogP contribution in [0.5, 0.6) is 0 Å². The van der Waals surface area contributed by atoms with E-state index in [1.807, 2.05) is 24.3 Å². The fourth-order valence-electron chi connectivity index (χ4n) is 1.92. The number of alkyl halides is 2. The smallest absolute Gasteiger partial charge is 0.291 e. The third kappa shape index (κ3) is 3.31. The Morgan fingerprint density at radius 1 is 1.33 bits per heavy atom. The van der Waals surface area contributed by atoms with Gasteiger partial charge in [-0.05, 0) is 25.1 Å². The molecule has 0 aliphatic carbocycles. The molecule has 0 aliphatic rings. The van der Waals surface area contributed by atoms with Gasteiger partial charge in [-0.3, -0.25) is 10.1 Å². The number of rotatable bonds is 4. The minimum Gasteiger partial charge on any atom is -0.295 e. The van der Waals surface area contributed by atoms with Crippen LogP contribution >= 0.6 is 27.3 Å². The zero-order valence-corrected chi connectivity index (χ0v) is 14.5. The van der Waals surface area contributed by atoms with Gasteiger partial charge >= 0.3 is 0 Å². The molecule has 0 bridgehead atoms. The minimum absolute atomic E-state index is 0.0216. The van der Waals surface area contributed by atoms with Crippen molar-refractivity contribution in [3.63, 3.8) is 0 Å². The average molecular weight is 415 g/mol. The van der Waals surface area contributed by atoms with Crippen molar-refractivity contribution in [3.8, 4) is 5.69 Å². The molecule has 0 fully saturated rings. The Balaban J connectivity index is 1.83. The summed E-state index contributed by atoms with van der Waals surface area (Å²) >= 11 is 3.97. The van der Waals surface area contributed by atoms with Gasteiger partial charge in [0.1, 0.15) is 0 Å². The standard InChI is InChI=1S/C13H9BrF2N6OS/c1-6-9(11(23)17-13-20-19-12(24-13)10(15)16)18-21-22(6)8-4-2-3-7(14)5-8/h2-5,10H,1H3,(H,17,20,23). The Morgan fingerprint density at radius 2 is 2.12 bits per heavy atom. The van der Waals surface area contributed by atoms with Gasteiger partial charge in [0.2, 0.25) is 5.13 Å². The van der Waals surface area contributed by atoms with Crippen LogP contribution in [-0.2, 0) is 0 Å². The van der Waals surface area contributed by atoms with Gasteiger partial charge < -0.3 is 0 Å². The highest BCUT2D eigenvalue weighted by molar-refractivity contribution is 9.10. The van der Waals surface area contributed by atoms with Crippen molar-refractivity contribution in [1.29, 1.82) is 0 Å². The van der Waals surface area contributed by atoms with Gasteiger partial charge in [-0.1, -0.05) is 38.5 Å². The van der Waals surface area contributed by atoms with Crippen LogP contribution < -0.4 is 5.32 Å². The van der Waals surface area contributed by atoms with Gasteiger partial charge in [-0.2, -0.15) is 0 Å². The SMILES string of the molecule is Cc1c(C(=O)Nc2nnc(C(F)F)s2)nnn1-c1cccc(Br)c1. The summed E-state index contributed by atoms with van der Waals surface area (Å²) < 4.78 is 27.3. The number of benzene rings is 1. The fourth-order valence-corrected chi connectivity index (χ4v) is 2.90. The predicted octanol–water partition coefficient (Wildman–Crippen LogP) is 3.38. The van der Waals surface area contributed by atoms with Gasteiger partial charge in [0, 0.05) is 4.47 Å². The monoisotopic (exact) mass is 414 g/mol. The number of aromatic nitrogens is 5. The van der Waals surface area contributed by atoms with Crippen LogP contribution in [0.4, 0.5) is 13.9 Å². The first-order valence-corrected chi connectivity index (χ1v) is 8.18. The van der Waals surface area contributed by atoms with Crippen molar-refractivity contribution >= 4 is 38.3 Å². The van der Waals surface area contributed by atoms with E-state index in [4.69, 9.17) is 0 Å². The first-order valence-electron chi connectivity index (χ1n) is 6.57. The van der Waals surface area contributed by atoms with Crippen LogP contribution in [0, 0.1) is 6.92 Å². The van der Waals surface area contributed by atoms with Crippen molar-refractivity contribution in [2.24, 2.45) is 0 Å². The summed E-state index contributed by atoms with van der Waals surface area (Å²) in [5, 5.41) is 16.5. The van der Waals surface area contributed by atoms with E-state index in [-0.39, 0.29) is 10.8 Å². The Morgan fingerprint density at radius 3 is 2.79 bits per heavy atom. The zero-order chi connectivity index (χ0) is 17.3. The number of amides is 1. The van der Waals surface area contributed by atoms with Crippen molar-refractivity contribution in [3.05, 3.63) is 45.1 Å². The lowest BCUT2D eigenvalue weighted by molar-refractivity contribution is 0.102. The molecule has 2 aromatic heterocycles. The summed E-state index contributed by atoms with van der Waals surface area (Å²) in [6.45, 7) is 1.68. The molecule has 0 aliphatic heterocycles. The predicted molar refractivity (Wildman–Crippen MR) is 86.6 cm³/mol. The second-order valence-electron chi connectivity index (χ2n) is 4.62. The Kier molecular flexibility index (Phi) is 4.62. The molecule has 11 heteroatoms. The zero-order valence-electron chi connectivity index (χ0n) is 12.1. The maximum Gasteiger partial charge on any atom is 0.291 e. The summed E-state index contributed by atoms with van der Waals surface area (Å²) in [6.07, 6.45) is -2.73. The minimum atomic E-state index is -2.73. The number of carbonyl (C=O) groups is 1. The van der Waals surface area contributed by atoms with Crippen molar-refractivity contribution in [2.75, 3.05) is 5.32 Å². The normalized spacial score (nSPS) is 11.0. The Bertz CT molecular complexity index is 896. The van der Waals surface area contributed by atoms with E-state index in [0.717, 1.165) is 10.2 Å². The second kappa shape index (κ2) is 6.69. The van der Waals surface area contributed by atoms with Gasteiger partial charge in [-0.15, -0.1) is 15.3 Å². The first-order chi connectivity index (χ1) is 11.5. The first kappa shape index (κ1) is 16.6. The molecular formula is C13H9BrF2N6OS. The molecule has 2 heterocycles. The van der Waals surface area contributed by atoms with E-state index in [9.17, 15) is 13.6 Å². The van der Waals surface area contributed by atoms with Crippen LogP contribution in [0.3, 0.4) is 0 Å². The second-order valence-corrected chi connectivity index (χ2v) is 6.54. The highest BCUT2D eigenvalue weighted by Gasteiger charge is 2.20. The van der Waals surface area contributed by atoms with Gasteiger partial charge in [0.25, 0.3) is 12.3 Å². The molecule has 1 amide bonds. The number of anilines is 1. The highest BCUT2D eigenvalue weighted by Crippen LogP contribution is 2.25. The van der Waals surface area contributed by atoms with Crippen LogP contribution in [0.2, 0.25) is 0 Å². The number of halogens is 3. The molecule has 0 saturated carbocycles. The van der Waals surface area contributed by atoms with Crippen LogP contribution in [-0.4, -0.2) is 31.1 Å². The van der Waals surface area contributed by atoms with Gasteiger partial charge in [0.15, 0.2) is 10.7 Å². The van der Waals surface area contributed by atoms with E-state index in [1.165, 1.54) is 4.68 Å². The molecular weight excluding hydrogens is 406 g/mol. The topological polar surface area (TPSA) is 85.6 Å². The summed E-state index contributed by atoms with van der Waals surface area (Å²) in [5.74, 6) is -0.592. The quantitative estimate of drug-likeness (QED) is 0.706. The van der Waals surface area contributed by atoms with Gasteiger partial charge in [-0.25, -0.2) is 13.5 Å². The molecule has 3 aromatic rings. The summed E-state index contributed by atoms with van der Waals surface area (Å²) in [7, 11) is 0. The van der Waals surface area contributed by atoms with E-state index < -0.39 is 17.3 Å². The third-order valence-electron chi connectivity index (χ3n) is 3.01. The molecule has 0 radical (unpaired) electrons. The number of hydrogen-bond acceptors (Lipinski definition) is 6. The summed E-state index contributed by atoms with van der Waals surface area (Å²) in [4.78, 5) is 12.2. The third-order valence-corrected chi connectivity index (χ3v) is 4.35. The fraction of sp³-hybridized carbons (Fsp3) is 0.154. The Hall–Kier alpha value is -2.27. The van der Waals surface area contributed by atoms with E-state index >= 15 is 0 Å². The maximum absolute atomic E-state index is 12.5.